The molecule has 5 heterocycles. The van der Waals surface area contributed by atoms with Crippen molar-refractivity contribution in [3.8, 4) is 91.5 Å². The maximum Gasteiger partial charge on any atom is 0.335 e. The van der Waals surface area contributed by atoms with Crippen LogP contribution in [0.2, 0.25) is 0 Å². The van der Waals surface area contributed by atoms with Crippen LogP contribution in [0.5, 0.6) is 46.0 Å². The first kappa shape index (κ1) is 52.1. The number of carboxylic acid groups (broad SMARTS) is 1. The standard InChI is InChI=1S/C66H56N11O6/c1-75(2,3)39-13-10-16-43(31-39)81-47-24-28-51-55(35-47)62-68-58(51)67-59-50-27-23-46(80-42-21-19-38(20-22-42)66(78)79)34-54(50)64(69-59)74-65-57-37-49(83-45-18-12-15-41(33-45)77(7,8)9)26-30-53(57)61(73-65)72-63-56-36-48(25-29-52(56)60(70-62)71-63)82-44-17-11-14-40(32-44)76(4,5)6/h10-37H,1-9H3,(H-2,67,68,69,70,71,72,73,74,78,79)/q+1/p+2. The topological polar surface area (TPSA) is 183 Å². The Balaban J connectivity index is 1.04. The lowest BCUT2D eigenvalue weighted by Gasteiger charge is -2.23. The number of benzene rings is 8. The third-order valence-electron chi connectivity index (χ3n) is 14.5. The quantitative estimate of drug-likeness (QED) is 0.0986. The van der Waals surface area contributed by atoms with Gasteiger partial charge in [-0.2, -0.15) is 0 Å². The molecule has 3 N–H and O–H groups in total. The molecule has 0 amide bonds. The van der Waals surface area contributed by atoms with E-state index < -0.39 is 5.97 Å². The van der Waals surface area contributed by atoms with Crippen LogP contribution in [0.25, 0.3) is 89.7 Å². The lowest BCUT2D eigenvalue weighted by atomic mass is 10.1. The number of ether oxygens (including phenoxy) is 4. The predicted molar refractivity (Wildman–Crippen MR) is 328 cm³/mol. The minimum Gasteiger partial charge on any atom is -0.478 e. The number of aromatic nitrogens is 8. The fraction of sp³-hybridized carbons (Fsp3) is 0.136. The molecule has 410 valence electrons. The summed E-state index contributed by atoms with van der Waals surface area (Å²) in [6.45, 7) is 0. The van der Waals surface area contributed by atoms with Crippen molar-refractivity contribution in [2.75, 3.05) is 63.4 Å². The Kier molecular flexibility index (Phi) is 12.4. The van der Waals surface area contributed by atoms with Crippen molar-refractivity contribution in [2.45, 2.75) is 0 Å². The van der Waals surface area contributed by atoms with Gasteiger partial charge >= 0.3 is 5.97 Å². The summed E-state index contributed by atoms with van der Waals surface area (Å²) >= 11 is 0. The number of H-pyrrole nitrogens is 2. The molecule has 11 aromatic rings. The van der Waals surface area contributed by atoms with Gasteiger partial charge in [-0.25, -0.2) is 34.7 Å². The summed E-state index contributed by atoms with van der Waals surface area (Å²) in [6.07, 6.45) is 0. The molecule has 0 aliphatic carbocycles. The van der Waals surface area contributed by atoms with Crippen molar-refractivity contribution in [3.63, 3.8) is 0 Å². The summed E-state index contributed by atoms with van der Waals surface area (Å²) in [5.74, 6) is 5.28. The highest BCUT2D eigenvalue weighted by Crippen LogP contribution is 2.42. The number of hydrogen-bond acceptors (Lipinski definition) is 11. The van der Waals surface area contributed by atoms with E-state index in [1.54, 1.807) is 12.1 Å². The van der Waals surface area contributed by atoms with Gasteiger partial charge in [0.2, 0.25) is 0 Å². The molecule has 8 bridgehead atoms. The van der Waals surface area contributed by atoms with Gasteiger partial charge in [0.1, 0.15) is 85.6 Å². The molecule has 0 saturated carbocycles. The summed E-state index contributed by atoms with van der Waals surface area (Å²) in [4.78, 5) is 50.5. The second kappa shape index (κ2) is 19.7. The van der Waals surface area contributed by atoms with Gasteiger partial charge in [-0.3, -0.25) is 13.4 Å². The fourth-order valence-electron chi connectivity index (χ4n) is 10.1. The molecule has 0 unspecified atom stereocenters. The largest absolute Gasteiger partial charge is 0.478 e. The van der Waals surface area contributed by atoms with Gasteiger partial charge in [-0.1, -0.05) is 18.2 Å². The van der Waals surface area contributed by atoms with Gasteiger partial charge < -0.3 is 34.0 Å². The number of quaternary nitrogens is 3. The minimum atomic E-state index is -1.03. The average Bonchev–Trinajstić information content (AvgIpc) is 4.38. The molecule has 0 spiro atoms. The summed E-state index contributed by atoms with van der Waals surface area (Å²) < 4.78 is 28.0. The number of fused-ring (bicyclic) bond motifs is 20. The van der Waals surface area contributed by atoms with E-state index in [-0.39, 0.29) is 5.56 Å². The van der Waals surface area contributed by atoms with Crippen molar-refractivity contribution in [3.05, 3.63) is 175 Å². The Bertz CT molecular complexity index is 4630. The first-order valence-corrected chi connectivity index (χ1v) is 26.9. The summed E-state index contributed by atoms with van der Waals surface area (Å²) in [5, 5.41) is 12.5. The highest BCUT2D eigenvalue weighted by atomic mass is 16.5. The zero-order valence-electron chi connectivity index (χ0n) is 47.2. The summed E-state index contributed by atoms with van der Waals surface area (Å²) in [7, 11) is 19.0. The lowest BCUT2D eigenvalue weighted by molar-refractivity contribution is 0.0696. The number of nitrogens with zero attached hydrogens (tertiary/aromatic N) is 9. The molecule has 0 saturated heterocycles. The monoisotopic (exact) mass is 1100 g/mol. The van der Waals surface area contributed by atoms with Crippen LogP contribution in [-0.4, -0.2) is 114 Å². The Labute approximate surface area is 477 Å². The number of carbonyl (C=O) groups is 1. The van der Waals surface area contributed by atoms with Crippen molar-refractivity contribution in [1.29, 1.82) is 0 Å². The molecule has 17 heteroatoms. The zero-order chi connectivity index (χ0) is 57.5. The van der Waals surface area contributed by atoms with E-state index in [4.69, 9.17) is 48.9 Å². The molecule has 0 fully saturated rings. The maximum atomic E-state index is 11.7. The highest BCUT2D eigenvalue weighted by Gasteiger charge is 2.26. The molecule has 83 heavy (non-hydrogen) atoms. The normalized spacial score (nSPS) is 12.3. The van der Waals surface area contributed by atoms with Gasteiger partial charge in [0.05, 0.1) is 69.0 Å². The second-order valence-electron chi connectivity index (χ2n) is 23.2. The van der Waals surface area contributed by atoms with E-state index in [0.29, 0.717) is 127 Å². The van der Waals surface area contributed by atoms with Crippen LogP contribution in [0.4, 0.5) is 17.1 Å². The Morgan fingerprint density at radius 3 is 1.02 bits per heavy atom. The number of rotatable bonds is 12. The van der Waals surface area contributed by atoms with Gasteiger partial charge in [0, 0.05) is 62.0 Å². The van der Waals surface area contributed by atoms with Gasteiger partial charge in [0.25, 0.3) is 0 Å². The van der Waals surface area contributed by atoms with Crippen LogP contribution in [0.15, 0.2) is 170 Å². The first-order chi connectivity index (χ1) is 39.7. The molecule has 0 atom stereocenters. The van der Waals surface area contributed by atoms with Gasteiger partial charge in [-0.15, -0.1) is 0 Å². The van der Waals surface area contributed by atoms with Crippen LogP contribution in [0, 0.1) is 0 Å². The number of hydrogen-bond donors (Lipinski definition) is 3. The zero-order valence-corrected chi connectivity index (χ0v) is 47.2. The molecule has 3 aromatic heterocycles. The molecule has 13 rings (SSSR count). The predicted octanol–water partition coefficient (Wildman–Crippen LogP) is 14.3. The van der Waals surface area contributed by atoms with E-state index in [0.717, 1.165) is 38.8 Å². The van der Waals surface area contributed by atoms with Crippen molar-refractivity contribution < 1.29 is 28.8 Å². The maximum absolute atomic E-state index is 11.7. The smallest absolute Gasteiger partial charge is 0.335 e. The first-order valence-electron chi connectivity index (χ1n) is 26.9. The van der Waals surface area contributed by atoms with Gasteiger partial charge in [0.15, 0.2) is 23.3 Å². The van der Waals surface area contributed by atoms with Gasteiger partial charge in [-0.05, 0) is 133 Å². The Morgan fingerprint density at radius 1 is 0.337 bits per heavy atom. The summed E-state index contributed by atoms with van der Waals surface area (Å²) in [6, 6.07) is 53.5. The molecule has 17 nitrogen and oxygen atoms in total. The molecule has 8 aromatic carbocycles. The second-order valence-corrected chi connectivity index (χ2v) is 23.2. The van der Waals surface area contributed by atoms with Crippen molar-refractivity contribution >= 4 is 67.2 Å². The number of aromatic carboxylic acids is 1. The Hall–Kier alpha value is -10.3. The third-order valence-corrected chi connectivity index (χ3v) is 14.5. The molecular formula is C66H58N11O6+3. The highest BCUT2D eigenvalue weighted by molar-refractivity contribution is 6.07. The third kappa shape index (κ3) is 10.3. The molecule has 0 radical (unpaired) electrons. The SMILES string of the molecule is C[N+](C)(C)c1cccc(Oc2ccc3c(c2)-c2nc-3nc3[nH]c(nc4nc(nc5[nH]c(n2)c2ccc(Oc6cccc([N+](C)(C)C)c6)cc52)-c2ccc(Oc5cccc([N+](C)(C)C)c5)cc2-4)c2cc(Oc4ccc(C(=O)O)cc4)ccc32)c1. The van der Waals surface area contributed by atoms with E-state index in [9.17, 15) is 9.90 Å². The van der Waals surface area contributed by atoms with Crippen LogP contribution < -0.4 is 32.4 Å². The van der Waals surface area contributed by atoms with E-state index in [2.05, 4.69) is 91.6 Å². The van der Waals surface area contributed by atoms with E-state index in [1.165, 1.54) is 12.1 Å². The fourth-order valence-corrected chi connectivity index (χ4v) is 10.1. The Morgan fingerprint density at radius 2 is 0.651 bits per heavy atom. The van der Waals surface area contributed by atoms with E-state index >= 15 is 0 Å². The lowest BCUT2D eigenvalue weighted by Crippen LogP contribution is -2.34. The van der Waals surface area contributed by atoms with Crippen molar-refractivity contribution in [1.82, 2.24) is 53.3 Å². The van der Waals surface area contributed by atoms with Crippen molar-refractivity contribution in [2.24, 2.45) is 0 Å². The number of nitrogens with one attached hydrogen (secondary N) is 2. The van der Waals surface area contributed by atoms with Crippen LogP contribution >= 0.6 is 0 Å². The molecule has 2 aliphatic rings. The van der Waals surface area contributed by atoms with Crippen LogP contribution in [0.1, 0.15) is 10.4 Å². The van der Waals surface area contributed by atoms with E-state index in [1.807, 2.05) is 127 Å². The van der Waals surface area contributed by atoms with Crippen LogP contribution in [0.3, 0.4) is 0 Å². The minimum absolute atomic E-state index is 0.146. The average molecular weight is 1100 g/mol. The number of carboxylic acids is 1. The molecular weight excluding hydrogens is 1040 g/mol. The summed E-state index contributed by atoms with van der Waals surface area (Å²) in [5.41, 5.74) is 8.10. The van der Waals surface area contributed by atoms with Crippen LogP contribution in [-0.2, 0) is 0 Å². The number of aromatic amines is 2. The molecule has 2 aliphatic heterocycles.